The summed E-state index contributed by atoms with van der Waals surface area (Å²) in [4.78, 5) is 41.5. The van der Waals surface area contributed by atoms with Crippen LogP contribution in [0.25, 0.3) is 0 Å². The molecule has 0 aromatic heterocycles. The first-order chi connectivity index (χ1) is 45.6. The van der Waals surface area contributed by atoms with E-state index in [0.29, 0.717) is 60.2 Å². The van der Waals surface area contributed by atoms with Crippen molar-refractivity contribution in [2.75, 3.05) is 79.8 Å². The average Bonchev–Trinajstić information content (AvgIpc) is 1.15. The van der Waals surface area contributed by atoms with Crippen molar-refractivity contribution in [3.63, 3.8) is 0 Å². The Balaban J connectivity index is 1.01. The molecule has 0 amide bonds. The van der Waals surface area contributed by atoms with Crippen molar-refractivity contribution in [2.45, 2.75) is 125 Å². The van der Waals surface area contributed by atoms with E-state index in [1.165, 1.54) is 7.11 Å². The van der Waals surface area contributed by atoms with Crippen LogP contribution < -0.4 is 20.7 Å². The van der Waals surface area contributed by atoms with Gasteiger partial charge in [0.15, 0.2) is 31.5 Å². The van der Waals surface area contributed by atoms with Crippen molar-refractivity contribution < 1.29 is 124 Å². The van der Waals surface area contributed by atoms with E-state index in [4.69, 9.17) is 110 Å². The summed E-state index contributed by atoms with van der Waals surface area (Å²) in [5.74, 6) is 0. The lowest BCUT2D eigenvalue weighted by Gasteiger charge is -2.58. The van der Waals surface area contributed by atoms with Crippen molar-refractivity contribution in [3.05, 3.63) is 121 Å². The highest BCUT2D eigenvalue weighted by Gasteiger charge is 2.81. The molecular formula is C56H82O28Si10. The Morgan fingerprint density at radius 3 is 0.915 bits per heavy atom. The van der Waals surface area contributed by atoms with E-state index in [1.54, 1.807) is 72.8 Å². The molecule has 6 bridgehead atoms. The zero-order chi connectivity index (χ0) is 64.3. The molecule has 514 valence electrons. The molecular weight excluding hydrogens is 1400 g/mol. The number of hydrogen-bond acceptors (Lipinski definition) is 28. The molecule has 38 heteroatoms. The van der Waals surface area contributed by atoms with Crippen LogP contribution in [0.4, 0.5) is 0 Å². The van der Waals surface area contributed by atoms with Crippen molar-refractivity contribution >= 4 is 109 Å². The molecule has 4 aromatic rings. The van der Waals surface area contributed by atoms with Gasteiger partial charge in [-0.25, -0.2) is 0 Å². The molecule has 1 aliphatic carbocycles. The average molecular weight is 1480 g/mol. The summed E-state index contributed by atoms with van der Waals surface area (Å²) >= 11 is 0. The first-order valence-electron chi connectivity index (χ1n) is 32.5. The number of fused-ring (bicyclic) bond motifs is 6. The highest BCUT2D eigenvalue weighted by molar-refractivity contribution is 7.06. The molecule has 15 unspecified atom stereocenters. The van der Waals surface area contributed by atoms with Gasteiger partial charge in [0.2, 0.25) is 0 Å². The molecule has 14 rings (SSSR count). The molecule has 9 saturated heterocycles. The molecule has 94 heavy (non-hydrogen) atoms. The Bertz CT molecular complexity index is 3100. The second-order valence-electron chi connectivity index (χ2n) is 24.3. The van der Waals surface area contributed by atoms with Gasteiger partial charge in [0.25, 0.3) is 0 Å². The van der Waals surface area contributed by atoms with E-state index in [1.807, 2.05) is 48.5 Å². The van der Waals surface area contributed by atoms with E-state index in [-0.39, 0.29) is 127 Å². The van der Waals surface area contributed by atoms with E-state index < -0.39 is 107 Å². The fourth-order valence-electron chi connectivity index (χ4n) is 11.4. The van der Waals surface area contributed by atoms with Crippen LogP contribution in [0, 0.1) is 0 Å². The fourth-order valence-corrected chi connectivity index (χ4v) is 63.3. The molecule has 15 atom stereocenters. The zero-order valence-electron chi connectivity index (χ0n) is 52.2. The van der Waals surface area contributed by atoms with Crippen molar-refractivity contribution in [1.82, 2.24) is 0 Å². The first kappa shape index (κ1) is 69.0. The van der Waals surface area contributed by atoms with Gasteiger partial charge in [-0.05, 0) is 51.4 Å². The van der Waals surface area contributed by atoms with Gasteiger partial charge in [-0.3, -0.25) is 0 Å². The van der Waals surface area contributed by atoms with Crippen LogP contribution >= 0.6 is 0 Å². The summed E-state index contributed by atoms with van der Waals surface area (Å²) in [7, 11) is -49.0. The third kappa shape index (κ3) is 17.6. The summed E-state index contributed by atoms with van der Waals surface area (Å²) < 4.78 is 173. The molecule has 10 aliphatic rings. The number of benzene rings is 4. The lowest BCUT2D eigenvalue weighted by Crippen LogP contribution is -2.88. The molecule has 1 saturated carbocycles. The number of epoxide rings is 5. The van der Waals surface area contributed by atoms with Gasteiger partial charge in [0, 0.05) is 104 Å². The lowest BCUT2D eigenvalue weighted by atomic mass is 10.4. The molecule has 0 radical (unpaired) electrons. The quantitative estimate of drug-likeness (QED) is 0.0338. The van der Waals surface area contributed by atoms with Gasteiger partial charge in [0.1, 0.15) is 33.0 Å². The van der Waals surface area contributed by atoms with Gasteiger partial charge in [0.05, 0.1) is 6.10 Å². The van der Waals surface area contributed by atoms with Gasteiger partial charge >= 0.3 is 88.0 Å². The summed E-state index contributed by atoms with van der Waals surface area (Å²) in [6.45, 7) is 3.07. The van der Waals surface area contributed by atoms with Crippen LogP contribution in [0.2, 0.25) is 36.3 Å². The largest absolute Gasteiger partial charge is 0.515 e. The Morgan fingerprint density at radius 2 is 0.606 bits per heavy atom. The van der Waals surface area contributed by atoms with Gasteiger partial charge < -0.3 is 124 Å². The third-order valence-electron chi connectivity index (χ3n) is 16.3. The molecule has 28 nitrogen and oxygen atoms in total. The van der Waals surface area contributed by atoms with Crippen LogP contribution in [0.5, 0.6) is 0 Å². The topological polar surface area (TPSA) is 308 Å². The van der Waals surface area contributed by atoms with Gasteiger partial charge in [-0.15, -0.1) is 0 Å². The Kier molecular flexibility index (Phi) is 21.7. The Hall–Kier alpha value is -2.07. The number of ether oxygens (including phenoxy) is 11. The number of hydrogen-bond donors (Lipinski definition) is 3. The van der Waals surface area contributed by atoms with Crippen LogP contribution in [0.3, 0.4) is 0 Å². The predicted molar refractivity (Wildman–Crippen MR) is 344 cm³/mol. The highest BCUT2D eigenvalue weighted by Crippen LogP contribution is 2.48. The van der Waals surface area contributed by atoms with Crippen molar-refractivity contribution in [1.29, 1.82) is 0 Å². The first-order valence-corrected chi connectivity index (χ1v) is 51.1. The maximum atomic E-state index is 13.9. The van der Waals surface area contributed by atoms with E-state index in [9.17, 15) is 14.4 Å². The van der Waals surface area contributed by atoms with Crippen LogP contribution in [0.15, 0.2) is 121 Å². The van der Waals surface area contributed by atoms with Crippen LogP contribution in [0.1, 0.15) is 51.4 Å². The minimum absolute atomic E-state index is 0.0396. The zero-order valence-corrected chi connectivity index (χ0v) is 62.2. The minimum atomic E-state index is -5.23. The molecule has 9 heterocycles. The Morgan fingerprint density at radius 1 is 0.319 bits per heavy atom. The standard InChI is InChI=1S/C56H82O28Si10/c1-60-88(39-17-33-64-54-44-69-54)73-87(59,38-16-32-63-53-43-68-53)76-93(50-24-10-4-11-25-50)80-89(40-18-34-65-55-45-70-55)77-90(41-19-35-66-56-46-71-56,82-94(78-88,84-93)51-26-12-5-13-27-51)81-92(49-22-8-3-9-23-49)75-86(58,37-15-31-62-52-42-67-52)72-85(57,36-14-30-61-47-28-29-47)74-91(79-89,83-92)48-20-6-2-7-21-48/h2-13,20-27,47,52-59H,14-19,28-46H2,1H3. The fraction of sp³-hybridized carbons (Fsp3) is 0.571. The Labute approximate surface area is 556 Å². The van der Waals surface area contributed by atoms with Crippen molar-refractivity contribution in [2.24, 2.45) is 0 Å². The van der Waals surface area contributed by atoms with Gasteiger partial charge in [-0.1, -0.05) is 121 Å². The van der Waals surface area contributed by atoms with Crippen LogP contribution in [-0.2, 0) is 110 Å². The second kappa shape index (κ2) is 29.5. The smallest absolute Gasteiger partial charge is 0.391 e. The molecule has 4 aromatic carbocycles. The van der Waals surface area contributed by atoms with E-state index in [0.717, 1.165) is 12.8 Å². The highest BCUT2D eigenvalue weighted by atomic mass is 28.6. The summed E-state index contributed by atoms with van der Waals surface area (Å²) in [5, 5.41) is 1.34. The maximum absolute atomic E-state index is 13.9. The van der Waals surface area contributed by atoms with E-state index in [2.05, 4.69) is 0 Å². The lowest BCUT2D eigenvalue weighted by molar-refractivity contribution is 0.00526. The monoisotopic (exact) mass is 1480 g/mol. The maximum Gasteiger partial charge on any atom is 0.515 e. The van der Waals surface area contributed by atoms with Gasteiger partial charge in [-0.2, -0.15) is 0 Å². The summed E-state index contributed by atoms with van der Waals surface area (Å²) in [6, 6.07) is 35.3. The summed E-state index contributed by atoms with van der Waals surface area (Å²) in [5.41, 5.74) is 0. The van der Waals surface area contributed by atoms with Crippen molar-refractivity contribution in [3.8, 4) is 0 Å². The minimum Gasteiger partial charge on any atom is -0.391 e. The molecule has 0 spiro atoms. The van der Waals surface area contributed by atoms with E-state index >= 15 is 0 Å². The number of rotatable bonds is 35. The third-order valence-corrected chi connectivity index (χ3v) is 57.5. The second-order valence-corrected chi connectivity index (χ2v) is 53.4. The van der Waals surface area contributed by atoms with Crippen LogP contribution in [-0.4, -0.2) is 220 Å². The molecule has 10 fully saturated rings. The normalized spacial score (nSPS) is 38.9. The predicted octanol–water partition coefficient (Wildman–Crippen LogP) is 2.28. The SMILES string of the molecule is CO[Si]1(CCCOC2CO2)O[Si](O)(CCCOC2CO2)O[Si]2(c3ccccc3)O[Si]3(CCCOC4CO4)O[Si](CCCOC4CO4)(O[Si]4(c5ccccc5)O[Si](O)(CCCOC5CO5)O[Si](O)(CCCOC5CC5)O[Si](c5ccccc5)(O3)O4)O[Si](c3ccccc3)(O1)O2. The summed E-state index contributed by atoms with van der Waals surface area (Å²) in [6.07, 6.45) is 1.14. The molecule has 9 aliphatic heterocycles. The molecule has 3 N–H and O–H groups in total.